The van der Waals surface area contributed by atoms with Crippen LogP contribution in [-0.2, 0) is 4.79 Å². The van der Waals surface area contributed by atoms with Gasteiger partial charge in [-0.05, 0) is 31.0 Å². The number of hydrogen-bond donors (Lipinski definition) is 3. The Balaban J connectivity index is 1.63. The summed E-state index contributed by atoms with van der Waals surface area (Å²) >= 11 is 0. The molecule has 1 heterocycles. The van der Waals surface area contributed by atoms with Crippen LogP contribution >= 0.6 is 0 Å². The number of carbonyl (C=O) groups is 3. The van der Waals surface area contributed by atoms with Gasteiger partial charge in [0.1, 0.15) is 5.69 Å². The number of nitrogens with zero attached hydrogens (tertiary/aromatic N) is 2. The van der Waals surface area contributed by atoms with Gasteiger partial charge in [-0.15, -0.1) is 0 Å². The number of aromatic carboxylic acids is 1. The molecule has 1 aromatic heterocycles. The normalized spacial score (nSPS) is 14.4. The zero-order chi connectivity index (χ0) is 19.2. The fraction of sp³-hybridized carbons (Fsp3) is 0.316. The maximum absolute atomic E-state index is 12.3. The lowest BCUT2D eigenvalue weighted by atomic mass is 9.88. The molecule has 0 saturated heterocycles. The first-order valence-electron chi connectivity index (χ1n) is 8.80. The molecule has 27 heavy (non-hydrogen) atoms. The van der Waals surface area contributed by atoms with Crippen molar-refractivity contribution in [3.05, 3.63) is 48.0 Å². The Morgan fingerprint density at radius 1 is 0.926 bits per heavy atom. The van der Waals surface area contributed by atoms with Crippen LogP contribution in [0.4, 0.5) is 11.4 Å². The lowest BCUT2D eigenvalue weighted by Gasteiger charge is -2.20. The summed E-state index contributed by atoms with van der Waals surface area (Å²) in [6.45, 7) is 0. The summed E-state index contributed by atoms with van der Waals surface area (Å²) in [6, 6.07) is 6.84. The number of anilines is 2. The summed E-state index contributed by atoms with van der Waals surface area (Å²) in [5, 5.41) is 14.4. The van der Waals surface area contributed by atoms with Gasteiger partial charge in [0.05, 0.1) is 12.4 Å². The maximum atomic E-state index is 12.3. The van der Waals surface area contributed by atoms with Gasteiger partial charge >= 0.3 is 5.97 Å². The molecule has 0 radical (unpaired) electrons. The van der Waals surface area contributed by atoms with Crippen LogP contribution in [-0.4, -0.2) is 32.9 Å². The molecule has 1 fully saturated rings. The lowest BCUT2D eigenvalue weighted by molar-refractivity contribution is -0.120. The van der Waals surface area contributed by atoms with Crippen molar-refractivity contribution in [2.75, 3.05) is 10.6 Å². The molecule has 0 atom stereocenters. The third kappa shape index (κ3) is 4.87. The molecule has 1 saturated carbocycles. The second-order valence-corrected chi connectivity index (χ2v) is 6.45. The van der Waals surface area contributed by atoms with Crippen molar-refractivity contribution in [2.24, 2.45) is 5.92 Å². The number of benzene rings is 1. The van der Waals surface area contributed by atoms with Crippen LogP contribution in [0.5, 0.6) is 0 Å². The van der Waals surface area contributed by atoms with Gasteiger partial charge in [-0.1, -0.05) is 25.3 Å². The smallest absolute Gasteiger partial charge is 0.356 e. The Hall–Kier alpha value is -3.29. The highest BCUT2D eigenvalue weighted by Gasteiger charge is 2.21. The van der Waals surface area contributed by atoms with E-state index in [-0.39, 0.29) is 23.2 Å². The SMILES string of the molecule is O=C(O)c1cnc(C(=O)Nc2cccc(NC(=O)C3CCCCC3)c2)cn1. The third-order valence-corrected chi connectivity index (χ3v) is 4.47. The number of amides is 2. The summed E-state index contributed by atoms with van der Waals surface area (Å²) in [4.78, 5) is 42.8. The van der Waals surface area contributed by atoms with Gasteiger partial charge in [-0.25, -0.2) is 14.8 Å². The lowest BCUT2D eigenvalue weighted by Crippen LogP contribution is -2.24. The molecule has 8 nitrogen and oxygen atoms in total. The molecule has 3 N–H and O–H groups in total. The minimum absolute atomic E-state index is 0.00311. The van der Waals surface area contributed by atoms with Gasteiger partial charge in [-0.2, -0.15) is 0 Å². The largest absolute Gasteiger partial charge is 0.476 e. The molecule has 2 aromatic rings. The van der Waals surface area contributed by atoms with E-state index in [2.05, 4.69) is 20.6 Å². The molecule has 0 unspecified atom stereocenters. The van der Waals surface area contributed by atoms with Crippen LogP contribution in [0.15, 0.2) is 36.7 Å². The number of carboxylic acid groups (broad SMARTS) is 1. The van der Waals surface area contributed by atoms with Crippen molar-refractivity contribution in [2.45, 2.75) is 32.1 Å². The van der Waals surface area contributed by atoms with Crippen LogP contribution in [0.1, 0.15) is 53.1 Å². The Morgan fingerprint density at radius 3 is 2.19 bits per heavy atom. The van der Waals surface area contributed by atoms with E-state index < -0.39 is 11.9 Å². The molecule has 0 bridgehead atoms. The zero-order valence-corrected chi connectivity index (χ0v) is 14.6. The quantitative estimate of drug-likeness (QED) is 0.746. The van der Waals surface area contributed by atoms with Crippen molar-refractivity contribution in [3.8, 4) is 0 Å². The second kappa shape index (κ2) is 8.39. The van der Waals surface area contributed by atoms with Crippen molar-refractivity contribution >= 4 is 29.2 Å². The van der Waals surface area contributed by atoms with Crippen LogP contribution in [0.3, 0.4) is 0 Å². The summed E-state index contributed by atoms with van der Waals surface area (Å²) in [5.41, 5.74) is 0.858. The van der Waals surface area contributed by atoms with Crippen molar-refractivity contribution in [3.63, 3.8) is 0 Å². The molecule has 0 spiro atoms. The predicted molar refractivity (Wildman–Crippen MR) is 98.6 cm³/mol. The highest BCUT2D eigenvalue weighted by atomic mass is 16.4. The van der Waals surface area contributed by atoms with Gasteiger partial charge in [0, 0.05) is 17.3 Å². The molecule has 1 aliphatic rings. The minimum Gasteiger partial charge on any atom is -0.476 e. The van der Waals surface area contributed by atoms with E-state index in [4.69, 9.17) is 5.11 Å². The number of nitrogens with one attached hydrogen (secondary N) is 2. The van der Waals surface area contributed by atoms with Crippen molar-refractivity contribution in [1.29, 1.82) is 0 Å². The van der Waals surface area contributed by atoms with Crippen LogP contribution in [0.25, 0.3) is 0 Å². The molecular weight excluding hydrogens is 348 g/mol. The summed E-state index contributed by atoms with van der Waals surface area (Å²) in [7, 11) is 0. The van der Waals surface area contributed by atoms with E-state index in [9.17, 15) is 14.4 Å². The number of aromatic nitrogens is 2. The van der Waals surface area contributed by atoms with E-state index >= 15 is 0 Å². The standard InChI is InChI=1S/C19H20N4O4/c24-17(12-5-2-1-3-6-12)22-13-7-4-8-14(9-13)23-18(25)15-10-21-16(11-20-15)19(26)27/h4,7-12H,1-3,5-6H2,(H,22,24)(H,23,25)(H,26,27). The summed E-state index contributed by atoms with van der Waals surface area (Å²) in [5.74, 6) is -1.68. The first-order chi connectivity index (χ1) is 13.0. The number of rotatable bonds is 5. The molecule has 8 heteroatoms. The topological polar surface area (TPSA) is 121 Å². The predicted octanol–water partition coefficient (Wildman–Crippen LogP) is 2.95. The highest BCUT2D eigenvalue weighted by Crippen LogP contribution is 2.25. The zero-order valence-electron chi connectivity index (χ0n) is 14.6. The molecule has 1 aliphatic carbocycles. The van der Waals surface area contributed by atoms with Crippen LogP contribution in [0, 0.1) is 5.92 Å². The van der Waals surface area contributed by atoms with Gasteiger partial charge in [0.2, 0.25) is 5.91 Å². The second-order valence-electron chi connectivity index (χ2n) is 6.45. The molecule has 1 aromatic carbocycles. The van der Waals surface area contributed by atoms with E-state index in [1.165, 1.54) is 6.42 Å². The Kier molecular flexibility index (Phi) is 5.75. The van der Waals surface area contributed by atoms with Gasteiger partial charge in [-0.3, -0.25) is 9.59 Å². The Labute approximate surface area is 156 Å². The Morgan fingerprint density at radius 2 is 1.56 bits per heavy atom. The van der Waals surface area contributed by atoms with Crippen LogP contribution < -0.4 is 10.6 Å². The van der Waals surface area contributed by atoms with E-state index in [1.807, 2.05) is 0 Å². The fourth-order valence-corrected chi connectivity index (χ4v) is 3.03. The van der Waals surface area contributed by atoms with Crippen molar-refractivity contribution < 1.29 is 19.5 Å². The molecule has 0 aliphatic heterocycles. The fourth-order valence-electron chi connectivity index (χ4n) is 3.03. The van der Waals surface area contributed by atoms with Gasteiger partial charge in [0.15, 0.2) is 5.69 Å². The average molecular weight is 368 g/mol. The highest BCUT2D eigenvalue weighted by molar-refractivity contribution is 6.03. The monoisotopic (exact) mass is 368 g/mol. The molecule has 140 valence electrons. The first kappa shape index (κ1) is 18.5. The number of carboxylic acids is 1. The Bertz CT molecular complexity index is 845. The number of carbonyl (C=O) groups excluding carboxylic acids is 2. The van der Waals surface area contributed by atoms with Crippen LogP contribution in [0.2, 0.25) is 0 Å². The van der Waals surface area contributed by atoms with Gasteiger partial charge < -0.3 is 15.7 Å². The minimum atomic E-state index is -1.21. The summed E-state index contributed by atoms with van der Waals surface area (Å²) < 4.78 is 0. The number of hydrogen-bond acceptors (Lipinski definition) is 5. The maximum Gasteiger partial charge on any atom is 0.356 e. The average Bonchev–Trinajstić information content (AvgIpc) is 2.69. The molecule has 2 amide bonds. The van der Waals surface area contributed by atoms with E-state index in [0.717, 1.165) is 38.1 Å². The van der Waals surface area contributed by atoms with Gasteiger partial charge in [0.25, 0.3) is 5.91 Å². The summed E-state index contributed by atoms with van der Waals surface area (Å²) in [6.07, 6.45) is 7.29. The van der Waals surface area contributed by atoms with E-state index in [1.54, 1.807) is 24.3 Å². The molecule has 3 rings (SSSR count). The third-order valence-electron chi connectivity index (χ3n) is 4.47. The first-order valence-corrected chi connectivity index (χ1v) is 8.80. The van der Waals surface area contributed by atoms with E-state index in [0.29, 0.717) is 11.4 Å². The molecular formula is C19H20N4O4. The van der Waals surface area contributed by atoms with Crippen molar-refractivity contribution in [1.82, 2.24) is 9.97 Å².